The highest BCUT2D eigenvalue weighted by molar-refractivity contribution is 5.84. The number of aliphatic hydroxyl groups is 1. The second kappa shape index (κ2) is 4.14. The third-order valence-corrected chi connectivity index (χ3v) is 2.72. The molecule has 1 aliphatic carbocycles. The summed E-state index contributed by atoms with van der Waals surface area (Å²) in [5.74, 6) is 0. The molecule has 0 aliphatic heterocycles. The van der Waals surface area contributed by atoms with Crippen molar-refractivity contribution in [1.29, 1.82) is 0 Å². The molecule has 2 rings (SSSR count). The first-order valence-electron chi connectivity index (χ1n) is 5.28. The summed E-state index contributed by atoms with van der Waals surface area (Å²) >= 11 is 0. The third-order valence-electron chi connectivity index (χ3n) is 2.72. The number of amides is 1. The van der Waals surface area contributed by atoms with E-state index in [1.807, 2.05) is 18.2 Å². The van der Waals surface area contributed by atoms with Gasteiger partial charge in [-0.05, 0) is 30.5 Å². The number of ether oxygens (including phenoxy) is 1. The van der Waals surface area contributed by atoms with Crippen molar-refractivity contribution in [2.75, 3.05) is 12.4 Å². The first-order valence-corrected chi connectivity index (χ1v) is 5.28. The minimum Gasteiger partial charge on any atom is -0.453 e. The summed E-state index contributed by atoms with van der Waals surface area (Å²) in [6.45, 7) is 0. The highest BCUT2D eigenvalue weighted by atomic mass is 16.5. The van der Waals surface area contributed by atoms with Crippen LogP contribution in [0.15, 0.2) is 24.3 Å². The molecule has 16 heavy (non-hydrogen) atoms. The summed E-state index contributed by atoms with van der Waals surface area (Å²) in [5, 5.41) is 12.4. The van der Waals surface area contributed by atoms with Crippen molar-refractivity contribution < 1.29 is 14.6 Å². The Balaban J connectivity index is 2.04. The Morgan fingerprint density at radius 1 is 1.56 bits per heavy atom. The van der Waals surface area contributed by atoms with Crippen LogP contribution in [0.25, 0.3) is 0 Å². The molecule has 1 amide bonds. The van der Waals surface area contributed by atoms with E-state index in [2.05, 4.69) is 10.1 Å². The van der Waals surface area contributed by atoms with Gasteiger partial charge in [0.25, 0.3) is 0 Å². The molecule has 2 N–H and O–H groups in total. The van der Waals surface area contributed by atoms with Crippen molar-refractivity contribution >= 4 is 11.8 Å². The molecular weight excluding hydrogens is 206 g/mol. The maximum absolute atomic E-state index is 11.0. The van der Waals surface area contributed by atoms with Crippen LogP contribution >= 0.6 is 0 Å². The third kappa shape index (κ3) is 2.73. The molecule has 0 saturated heterocycles. The van der Waals surface area contributed by atoms with Crippen LogP contribution in [0, 0.1) is 0 Å². The molecule has 1 aromatic rings. The van der Waals surface area contributed by atoms with Crippen LogP contribution in [0.5, 0.6) is 0 Å². The van der Waals surface area contributed by atoms with Gasteiger partial charge in [-0.15, -0.1) is 0 Å². The van der Waals surface area contributed by atoms with Gasteiger partial charge in [0, 0.05) is 12.1 Å². The Bertz CT molecular complexity index is 399. The quantitative estimate of drug-likeness (QED) is 0.820. The van der Waals surface area contributed by atoms with Crippen molar-refractivity contribution in [1.82, 2.24) is 0 Å². The zero-order valence-electron chi connectivity index (χ0n) is 9.19. The molecule has 0 heterocycles. The zero-order valence-corrected chi connectivity index (χ0v) is 9.19. The topological polar surface area (TPSA) is 58.6 Å². The van der Waals surface area contributed by atoms with E-state index in [4.69, 9.17) is 0 Å². The van der Waals surface area contributed by atoms with Crippen molar-refractivity contribution in [2.45, 2.75) is 24.9 Å². The van der Waals surface area contributed by atoms with Gasteiger partial charge < -0.3 is 9.84 Å². The van der Waals surface area contributed by atoms with Crippen LogP contribution in [0.4, 0.5) is 10.5 Å². The van der Waals surface area contributed by atoms with Crippen LogP contribution < -0.4 is 5.32 Å². The van der Waals surface area contributed by atoms with Gasteiger partial charge in [-0.25, -0.2) is 4.79 Å². The standard InChI is InChI=1S/C12H15NO3/c1-16-11(14)13-10-4-2-3-9(7-10)8-12(15)5-6-12/h2-4,7,15H,5-6,8H2,1H3,(H,13,14). The molecule has 0 atom stereocenters. The average Bonchev–Trinajstić information content (AvgIpc) is 2.96. The molecule has 4 heteroatoms. The number of carbonyl (C=O) groups excluding carboxylic acids is 1. The lowest BCUT2D eigenvalue weighted by Crippen LogP contribution is -2.13. The monoisotopic (exact) mass is 221 g/mol. The summed E-state index contributed by atoms with van der Waals surface area (Å²) in [7, 11) is 1.33. The van der Waals surface area contributed by atoms with Crippen LogP contribution in [-0.2, 0) is 11.2 Å². The Kier molecular flexibility index (Phi) is 2.83. The second-order valence-electron chi connectivity index (χ2n) is 4.22. The lowest BCUT2D eigenvalue weighted by atomic mass is 10.1. The van der Waals surface area contributed by atoms with Crippen molar-refractivity contribution in [2.24, 2.45) is 0 Å². The highest BCUT2D eigenvalue weighted by Gasteiger charge is 2.40. The van der Waals surface area contributed by atoms with E-state index in [0.29, 0.717) is 12.1 Å². The van der Waals surface area contributed by atoms with Crippen LogP contribution in [-0.4, -0.2) is 23.9 Å². The fourth-order valence-electron chi connectivity index (χ4n) is 1.63. The molecule has 4 nitrogen and oxygen atoms in total. The summed E-state index contributed by atoms with van der Waals surface area (Å²) in [6, 6.07) is 7.44. The van der Waals surface area contributed by atoms with Gasteiger partial charge in [0.2, 0.25) is 0 Å². The number of rotatable bonds is 3. The normalized spacial score (nSPS) is 16.6. The second-order valence-corrected chi connectivity index (χ2v) is 4.22. The van der Waals surface area contributed by atoms with E-state index >= 15 is 0 Å². The van der Waals surface area contributed by atoms with E-state index in [9.17, 15) is 9.90 Å². The number of hydrogen-bond donors (Lipinski definition) is 2. The highest BCUT2D eigenvalue weighted by Crippen LogP contribution is 2.38. The summed E-state index contributed by atoms with van der Waals surface area (Å²) < 4.78 is 4.51. The SMILES string of the molecule is COC(=O)Nc1cccc(CC2(O)CC2)c1. The maximum atomic E-state index is 11.0. The number of carbonyl (C=O) groups is 1. The molecule has 1 aromatic carbocycles. The molecule has 1 fully saturated rings. The molecule has 0 radical (unpaired) electrons. The van der Waals surface area contributed by atoms with Crippen molar-refractivity contribution in [3.8, 4) is 0 Å². The molecule has 0 aromatic heterocycles. The molecule has 1 saturated carbocycles. The van der Waals surface area contributed by atoms with E-state index in [-0.39, 0.29) is 0 Å². The molecule has 0 unspecified atom stereocenters. The van der Waals surface area contributed by atoms with Gasteiger partial charge in [0.1, 0.15) is 0 Å². The van der Waals surface area contributed by atoms with Crippen LogP contribution in [0.2, 0.25) is 0 Å². The van der Waals surface area contributed by atoms with Gasteiger partial charge in [-0.1, -0.05) is 12.1 Å². The van der Waals surface area contributed by atoms with Crippen molar-refractivity contribution in [3.05, 3.63) is 29.8 Å². The van der Waals surface area contributed by atoms with E-state index < -0.39 is 11.7 Å². The Morgan fingerprint density at radius 2 is 2.31 bits per heavy atom. The smallest absolute Gasteiger partial charge is 0.411 e. The van der Waals surface area contributed by atoms with Crippen LogP contribution in [0.3, 0.4) is 0 Å². The first kappa shape index (κ1) is 11.0. The van der Waals surface area contributed by atoms with Crippen LogP contribution in [0.1, 0.15) is 18.4 Å². The lowest BCUT2D eigenvalue weighted by molar-refractivity contribution is 0.151. The summed E-state index contributed by atoms with van der Waals surface area (Å²) in [5.41, 5.74) is 1.20. The van der Waals surface area contributed by atoms with Gasteiger partial charge in [0.15, 0.2) is 0 Å². The van der Waals surface area contributed by atoms with Gasteiger partial charge >= 0.3 is 6.09 Å². The first-order chi connectivity index (χ1) is 7.61. The molecule has 1 aliphatic rings. The Labute approximate surface area is 94.2 Å². The minimum atomic E-state index is -0.510. The van der Waals surface area contributed by atoms with E-state index in [1.165, 1.54) is 7.11 Å². The molecular formula is C12H15NO3. The largest absolute Gasteiger partial charge is 0.453 e. The van der Waals surface area contributed by atoms with Crippen molar-refractivity contribution in [3.63, 3.8) is 0 Å². The molecule has 0 spiro atoms. The minimum absolute atomic E-state index is 0.484. The van der Waals surface area contributed by atoms with Gasteiger partial charge in [0.05, 0.1) is 12.7 Å². The lowest BCUT2D eigenvalue weighted by Gasteiger charge is -2.09. The van der Waals surface area contributed by atoms with E-state index in [1.54, 1.807) is 6.07 Å². The number of nitrogens with one attached hydrogen (secondary N) is 1. The van der Waals surface area contributed by atoms with Gasteiger partial charge in [-0.2, -0.15) is 0 Å². The average molecular weight is 221 g/mol. The predicted molar refractivity (Wildman–Crippen MR) is 60.4 cm³/mol. The zero-order chi connectivity index (χ0) is 11.6. The molecule has 0 bridgehead atoms. The van der Waals surface area contributed by atoms with E-state index in [0.717, 1.165) is 18.4 Å². The Morgan fingerprint density at radius 3 is 2.94 bits per heavy atom. The fraction of sp³-hybridized carbons (Fsp3) is 0.417. The molecule has 86 valence electrons. The summed E-state index contributed by atoms with van der Waals surface area (Å²) in [6.07, 6.45) is 1.88. The summed E-state index contributed by atoms with van der Waals surface area (Å²) in [4.78, 5) is 11.0. The number of benzene rings is 1. The number of hydrogen-bond acceptors (Lipinski definition) is 3. The Hall–Kier alpha value is -1.55. The number of methoxy groups -OCH3 is 1. The predicted octanol–water partition coefficient (Wildman–Crippen LogP) is 1.93. The maximum Gasteiger partial charge on any atom is 0.411 e. The fourth-order valence-corrected chi connectivity index (χ4v) is 1.63. The number of anilines is 1. The van der Waals surface area contributed by atoms with Gasteiger partial charge in [-0.3, -0.25) is 5.32 Å².